The average Bonchev–Trinajstić information content (AvgIpc) is 3.06. The third-order valence-corrected chi connectivity index (χ3v) is 5.13. The lowest BCUT2D eigenvalue weighted by molar-refractivity contribution is -0.183. The second kappa shape index (κ2) is 4.30. The van der Waals surface area contributed by atoms with Gasteiger partial charge in [-0.15, -0.1) is 0 Å². The number of nitrogens with zero attached hydrogens (tertiary/aromatic N) is 2. The van der Waals surface area contributed by atoms with Gasteiger partial charge in [0, 0.05) is 43.3 Å². The van der Waals surface area contributed by atoms with E-state index in [9.17, 15) is 4.79 Å². The Kier molecular flexibility index (Phi) is 2.92. The van der Waals surface area contributed by atoms with Gasteiger partial charge in [0.05, 0.1) is 12.3 Å². The Morgan fingerprint density at radius 3 is 3.05 bits per heavy atom. The molecule has 2 fully saturated rings. The molecule has 1 amide bonds. The van der Waals surface area contributed by atoms with Gasteiger partial charge < -0.3 is 15.4 Å². The maximum atomic E-state index is 12.8. The first kappa shape index (κ1) is 13.6. The van der Waals surface area contributed by atoms with Gasteiger partial charge in [0.1, 0.15) is 5.54 Å². The number of aromatic amines is 1. The fraction of sp³-hybridized carbons (Fsp3) is 0.714. The molecule has 1 aromatic heterocycles. The number of H-pyrrole nitrogens is 1. The van der Waals surface area contributed by atoms with E-state index >= 15 is 0 Å². The van der Waals surface area contributed by atoms with Crippen LogP contribution in [0.3, 0.4) is 0 Å². The average molecular weight is 278 g/mol. The SMILES string of the molecule is CN(Cc1cn[nH]c1)C(=O)C1(N)C2CCOC2C1(C)C. The summed E-state index contributed by atoms with van der Waals surface area (Å²) in [6.45, 7) is 5.28. The minimum absolute atomic E-state index is 0.00421. The van der Waals surface area contributed by atoms with Crippen LogP contribution in [-0.2, 0) is 16.1 Å². The Morgan fingerprint density at radius 2 is 2.40 bits per heavy atom. The van der Waals surface area contributed by atoms with E-state index in [1.165, 1.54) is 0 Å². The first-order chi connectivity index (χ1) is 9.39. The number of nitrogens with one attached hydrogen (secondary N) is 1. The van der Waals surface area contributed by atoms with Gasteiger partial charge in [-0.3, -0.25) is 9.89 Å². The van der Waals surface area contributed by atoms with Crippen molar-refractivity contribution in [1.82, 2.24) is 15.1 Å². The second-order valence-electron chi connectivity index (χ2n) is 6.55. The lowest BCUT2D eigenvalue weighted by Gasteiger charge is -2.61. The Hall–Kier alpha value is -1.40. The van der Waals surface area contributed by atoms with Crippen LogP contribution in [0.4, 0.5) is 0 Å². The lowest BCUT2D eigenvalue weighted by Crippen LogP contribution is -2.80. The number of rotatable bonds is 3. The highest BCUT2D eigenvalue weighted by molar-refractivity contribution is 5.89. The van der Waals surface area contributed by atoms with Gasteiger partial charge in [0.2, 0.25) is 5.91 Å². The van der Waals surface area contributed by atoms with E-state index in [2.05, 4.69) is 10.2 Å². The van der Waals surface area contributed by atoms with E-state index in [0.717, 1.165) is 12.0 Å². The van der Waals surface area contributed by atoms with E-state index in [4.69, 9.17) is 10.5 Å². The highest BCUT2D eigenvalue weighted by Gasteiger charge is 2.71. The number of ether oxygens (including phenoxy) is 1. The number of hydrogen-bond acceptors (Lipinski definition) is 4. The molecule has 1 saturated carbocycles. The molecular weight excluding hydrogens is 256 g/mol. The highest BCUT2D eigenvalue weighted by atomic mass is 16.5. The zero-order valence-corrected chi connectivity index (χ0v) is 12.2. The first-order valence-electron chi connectivity index (χ1n) is 7.02. The molecule has 2 aliphatic rings. The number of amides is 1. The summed E-state index contributed by atoms with van der Waals surface area (Å²) in [4.78, 5) is 14.5. The van der Waals surface area contributed by atoms with Gasteiger partial charge in [-0.25, -0.2) is 0 Å². The highest BCUT2D eigenvalue weighted by Crippen LogP contribution is 2.58. The van der Waals surface area contributed by atoms with Gasteiger partial charge in [0.15, 0.2) is 0 Å². The summed E-state index contributed by atoms with van der Waals surface area (Å²) in [5, 5.41) is 6.65. The van der Waals surface area contributed by atoms with Gasteiger partial charge in [-0.05, 0) is 6.42 Å². The Labute approximate surface area is 118 Å². The number of carbonyl (C=O) groups is 1. The van der Waals surface area contributed by atoms with Gasteiger partial charge >= 0.3 is 0 Å². The molecule has 1 aliphatic heterocycles. The molecular formula is C14H22N4O2. The van der Waals surface area contributed by atoms with Crippen molar-refractivity contribution in [3.8, 4) is 0 Å². The van der Waals surface area contributed by atoms with Crippen LogP contribution in [-0.4, -0.2) is 46.3 Å². The molecule has 110 valence electrons. The molecule has 0 aromatic carbocycles. The van der Waals surface area contributed by atoms with Crippen molar-refractivity contribution in [1.29, 1.82) is 0 Å². The third-order valence-electron chi connectivity index (χ3n) is 5.13. The lowest BCUT2D eigenvalue weighted by atomic mass is 9.47. The number of nitrogens with two attached hydrogens (primary N) is 1. The maximum absolute atomic E-state index is 12.8. The van der Waals surface area contributed by atoms with Crippen LogP contribution in [0.25, 0.3) is 0 Å². The van der Waals surface area contributed by atoms with E-state index in [0.29, 0.717) is 13.2 Å². The Balaban J connectivity index is 1.79. The number of carbonyl (C=O) groups excluding carboxylic acids is 1. The summed E-state index contributed by atoms with van der Waals surface area (Å²) in [5.41, 5.74) is 6.37. The molecule has 0 radical (unpaired) electrons. The van der Waals surface area contributed by atoms with Crippen LogP contribution in [0.2, 0.25) is 0 Å². The zero-order chi connectivity index (χ0) is 14.5. The Morgan fingerprint density at radius 1 is 1.65 bits per heavy atom. The third kappa shape index (κ3) is 1.58. The van der Waals surface area contributed by atoms with Crippen LogP contribution < -0.4 is 5.73 Å². The molecule has 3 N–H and O–H groups in total. The van der Waals surface area contributed by atoms with Crippen molar-refractivity contribution in [2.24, 2.45) is 17.1 Å². The van der Waals surface area contributed by atoms with Crippen LogP contribution >= 0.6 is 0 Å². The zero-order valence-electron chi connectivity index (χ0n) is 12.2. The van der Waals surface area contributed by atoms with Gasteiger partial charge in [-0.2, -0.15) is 5.10 Å². The quantitative estimate of drug-likeness (QED) is 0.844. The molecule has 6 heteroatoms. The summed E-state index contributed by atoms with van der Waals surface area (Å²) in [7, 11) is 1.79. The number of hydrogen-bond donors (Lipinski definition) is 2. The molecule has 2 heterocycles. The molecule has 6 nitrogen and oxygen atoms in total. The fourth-order valence-electron chi connectivity index (χ4n) is 3.84. The number of aromatic nitrogens is 2. The topological polar surface area (TPSA) is 84.2 Å². The molecule has 0 spiro atoms. The van der Waals surface area contributed by atoms with Gasteiger partial charge in [-0.1, -0.05) is 13.8 Å². The minimum Gasteiger partial charge on any atom is -0.377 e. The van der Waals surface area contributed by atoms with Crippen molar-refractivity contribution in [3.05, 3.63) is 18.0 Å². The predicted molar refractivity (Wildman–Crippen MR) is 73.6 cm³/mol. The van der Waals surface area contributed by atoms with Crippen molar-refractivity contribution in [2.75, 3.05) is 13.7 Å². The van der Waals surface area contributed by atoms with E-state index < -0.39 is 5.54 Å². The van der Waals surface area contributed by atoms with E-state index in [-0.39, 0.29) is 23.3 Å². The maximum Gasteiger partial charge on any atom is 0.243 e. The molecule has 20 heavy (non-hydrogen) atoms. The molecule has 0 bridgehead atoms. The van der Waals surface area contributed by atoms with Crippen molar-refractivity contribution in [2.45, 2.75) is 38.5 Å². The van der Waals surface area contributed by atoms with Crippen molar-refractivity contribution < 1.29 is 9.53 Å². The van der Waals surface area contributed by atoms with Crippen LogP contribution in [0.15, 0.2) is 12.4 Å². The molecule has 1 saturated heterocycles. The number of likely N-dealkylation sites (N-methyl/N-ethyl adjacent to an activating group) is 1. The largest absolute Gasteiger partial charge is 0.377 e. The summed E-state index contributed by atoms with van der Waals surface area (Å²) in [6.07, 6.45) is 4.50. The summed E-state index contributed by atoms with van der Waals surface area (Å²) >= 11 is 0. The van der Waals surface area contributed by atoms with Crippen LogP contribution in [0.1, 0.15) is 25.8 Å². The standard InChI is InChI=1S/C14H22N4O2/c1-13(2)11-10(4-5-20-11)14(13,15)12(19)18(3)8-9-6-16-17-7-9/h6-7,10-11H,4-5,8,15H2,1-3H3,(H,16,17). The van der Waals surface area contributed by atoms with E-state index in [1.807, 2.05) is 13.8 Å². The van der Waals surface area contributed by atoms with E-state index in [1.54, 1.807) is 24.3 Å². The fourth-order valence-corrected chi connectivity index (χ4v) is 3.84. The van der Waals surface area contributed by atoms with Gasteiger partial charge in [0.25, 0.3) is 0 Å². The molecule has 3 rings (SSSR count). The smallest absolute Gasteiger partial charge is 0.243 e. The Bertz CT molecular complexity index is 513. The summed E-state index contributed by atoms with van der Waals surface area (Å²) in [6, 6.07) is 0. The molecule has 3 unspecified atom stereocenters. The van der Waals surface area contributed by atoms with Crippen molar-refractivity contribution in [3.63, 3.8) is 0 Å². The second-order valence-corrected chi connectivity index (χ2v) is 6.55. The summed E-state index contributed by atoms with van der Waals surface area (Å²) < 4.78 is 5.73. The first-order valence-corrected chi connectivity index (χ1v) is 7.02. The molecule has 1 aromatic rings. The minimum atomic E-state index is -0.827. The van der Waals surface area contributed by atoms with Crippen LogP contribution in [0.5, 0.6) is 0 Å². The predicted octanol–water partition coefficient (Wildman–Crippen LogP) is 0.511. The normalized spacial score (nSPS) is 34.4. The molecule has 1 aliphatic carbocycles. The van der Waals surface area contributed by atoms with Crippen molar-refractivity contribution >= 4 is 5.91 Å². The monoisotopic (exact) mass is 278 g/mol. The van der Waals surface area contributed by atoms with Crippen LogP contribution in [0, 0.1) is 11.3 Å². The number of fused-ring (bicyclic) bond motifs is 1. The molecule has 3 atom stereocenters. The summed E-state index contributed by atoms with van der Waals surface area (Å²) in [5.74, 6) is 0.132.